The van der Waals surface area contributed by atoms with E-state index in [-0.39, 0.29) is 0 Å². The van der Waals surface area contributed by atoms with Gasteiger partial charge < -0.3 is 10.4 Å². The molecule has 0 heterocycles. The zero-order chi connectivity index (χ0) is 12.1. The Morgan fingerprint density at radius 3 is 2.31 bits per heavy atom. The Balaban J connectivity index is 2.87. The highest BCUT2D eigenvalue weighted by Gasteiger charge is 2.27. The van der Waals surface area contributed by atoms with Gasteiger partial charge in [-0.1, -0.05) is 37.3 Å². The monoisotopic (exact) mass is 225 g/mol. The number of carbonyl (C=O) groups is 2. The summed E-state index contributed by atoms with van der Waals surface area (Å²) in [6.45, 7) is 1.59. The number of hydrogen-bond acceptors (Lipinski definition) is 2. The summed E-state index contributed by atoms with van der Waals surface area (Å²) >= 11 is 0. The van der Waals surface area contributed by atoms with Gasteiger partial charge in [-0.2, -0.15) is 4.39 Å². The maximum absolute atomic E-state index is 12.7. The number of halogens is 1. The summed E-state index contributed by atoms with van der Waals surface area (Å²) in [5.41, 5.74) is 0.701. The number of benzene rings is 1. The van der Waals surface area contributed by atoms with Gasteiger partial charge in [-0.05, 0) is 5.56 Å². The maximum Gasteiger partial charge on any atom is 0.405 e. The average Bonchev–Trinajstić information content (AvgIpc) is 2.25. The van der Waals surface area contributed by atoms with Crippen molar-refractivity contribution in [3.63, 3.8) is 0 Å². The van der Waals surface area contributed by atoms with Crippen molar-refractivity contribution in [3.05, 3.63) is 35.9 Å². The zero-order valence-corrected chi connectivity index (χ0v) is 8.68. The summed E-state index contributed by atoms with van der Waals surface area (Å²) in [7, 11) is 0. The fourth-order valence-corrected chi connectivity index (χ4v) is 1.46. The zero-order valence-electron chi connectivity index (χ0n) is 8.68. The summed E-state index contributed by atoms with van der Waals surface area (Å²) in [5, 5.41) is 10.4. The molecule has 0 spiro atoms. The van der Waals surface area contributed by atoms with Gasteiger partial charge in [0.25, 0.3) is 0 Å². The van der Waals surface area contributed by atoms with Crippen LogP contribution in [0, 0.1) is 0 Å². The predicted octanol–water partition coefficient (Wildman–Crippen LogP) is 1.92. The van der Waals surface area contributed by atoms with E-state index < -0.39 is 24.1 Å². The number of carboxylic acid groups (broad SMARTS) is 1. The number of amides is 1. The number of hydrogen-bond donors (Lipinski definition) is 2. The summed E-state index contributed by atoms with van der Waals surface area (Å²) < 4.78 is 12.7. The van der Waals surface area contributed by atoms with E-state index in [1.54, 1.807) is 37.3 Å². The molecule has 1 aromatic carbocycles. The van der Waals surface area contributed by atoms with Gasteiger partial charge in [0.15, 0.2) is 0 Å². The molecule has 86 valence electrons. The van der Waals surface area contributed by atoms with Crippen LogP contribution in [0.5, 0.6) is 0 Å². The molecule has 0 bridgehead atoms. The highest BCUT2D eigenvalue weighted by Crippen LogP contribution is 2.19. The summed E-state index contributed by atoms with van der Waals surface area (Å²) in [6.07, 6.45) is -1.42. The van der Waals surface area contributed by atoms with Crippen LogP contribution in [-0.4, -0.2) is 23.3 Å². The third-order valence-corrected chi connectivity index (χ3v) is 2.35. The van der Waals surface area contributed by atoms with Crippen LogP contribution >= 0.6 is 0 Å². The van der Waals surface area contributed by atoms with E-state index in [0.717, 1.165) is 0 Å². The fraction of sp³-hybridized carbons (Fsp3) is 0.273. The molecular weight excluding hydrogens is 213 g/mol. The first-order valence-corrected chi connectivity index (χ1v) is 4.76. The Kier molecular flexibility index (Phi) is 3.99. The van der Waals surface area contributed by atoms with Crippen LogP contribution < -0.4 is 5.32 Å². The first-order chi connectivity index (χ1) is 7.52. The van der Waals surface area contributed by atoms with Gasteiger partial charge in [-0.25, -0.2) is 4.79 Å². The van der Waals surface area contributed by atoms with Gasteiger partial charge in [-0.15, -0.1) is 0 Å². The van der Waals surface area contributed by atoms with Crippen molar-refractivity contribution in [1.82, 2.24) is 5.32 Å². The quantitative estimate of drug-likeness (QED) is 0.769. The van der Waals surface area contributed by atoms with Crippen LogP contribution in [0.15, 0.2) is 30.3 Å². The molecular formula is C11H12FNO3. The van der Waals surface area contributed by atoms with E-state index >= 15 is 0 Å². The molecule has 4 nitrogen and oxygen atoms in total. The minimum Gasteiger partial charge on any atom is -0.465 e. The van der Waals surface area contributed by atoms with Crippen LogP contribution in [0.1, 0.15) is 18.4 Å². The summed E-state index contributed by atoms with van der Waals surface area (Å²) in [4.78, 5) is 21.1. The van der Waals surface area contributed by atoms with Crippen molar-refractivity contribution < 1.29 is 19.1 Å². The molecule has 0 saturated carbocycles. The Hall–Kier alpha value is -1.91. The Morgan fingerprint density at radius 1 is 1.31 bits per heavy atom. The molecule has 0 aliphatic heterocycles. The standard InChI is InChI=1S/C11H12FNO3/c1-7(8-5-3-2-4-6-8)9(10(12)14)13-11(15)16/h2-7,9,13H,1H3,(H,15,16)/t7-,9-/m0/s1. The molecule has 0 aliphatic carbocycles. The van der Waals surface area contributed by atoms with E-state index in [1.807, 2.05) is 5.32 Å². The third-order valence-electron chi connectivity index (χ3n) is 2.35. The predicted molar refractivity (Wildman–Crippen MR) is 55.9 cm³/mol. The van der Waals surface area contributed by atoms with Gasteiger partial charge in [0, 0.05) is 5.92 Å². The molecule has 0 unspecified atom stereocenters. The lowest BCUT2D eigenvalue weighted by atomic mass is 9.94. The van der Waals surface area contributed by atoms with Crippen molar-refractivity contribution in [2.24, 2.45) is 0 Å². The molecule has 0 aromatic heterocycles. The van der Waals surface area contributed by atoms with E-state index in [9.17, 15) is 14.0 Å². The lowest BCUT2D eigenvalue weighted by Crippen LogP contribution is -2.42. The van der Waals surface area contributed by atoms with Gasteiger partial charge in [0.1, 0.15) is 6.04 Å². The van der Waals surface area contributed by atoms with E-state index in [4.69, 9.17) is 5.11 Å². The lowest BCUT2D eigenvalue weighted by Gasteiger charge is -2.19. The molecule has 5 heteroatoms. The lowest BCUT2D eigenvalue weighted by molar-refractivity contribution is -0.131. The molecule has 0 fully saturated rings. The van der Waals surface area contributed by atoms with E-state index in [0.29, 0.717) is 5.56 Å². The first kappa shape index (κ1) is 12.2. The second-order valence-electron chi connectivity index (χ2n) is 3.43. The first-order valence-electron chi connectivity index (χ1n) is 4.76. The van der Waals surface area contributed by atoms with E-state index in [1.165, 1.54) is 0 Å². The van der Waals surface area contributed by atoms with Gasteiger partial charge in [0.2, 0.25) is 0 Å². The van der Waals surface area contributed by atoms with Crippen LogP contribution in [0.4, 0.5) is 9.18 Å². The van der Waals surface area contributed by atoms with Crippen LogP contribution in [-0.2, 0) is 4.79 Å². The third kappa shape index (κ3) is 3.05. The Labute approximate surface area is 92.1 Å². The molecule has 0 aliphatic rings. The molecule has 0 radical (unpaired) electrons. The Bertz CT molecular complexity index is 380. The highest BCUT2D eigenvalue weighted by molar-refractivity contribution is 5.80. The molecule has 1 amide bonds. The normalized spacial score (nSPS) is 13.9. The number of nitrogens with one attached hydrogen (secondary N) is 1. The van der Waals surface area contributed by atoms with Crippen LogP contribution in [0.3, 0.4) is 0 Å². The van der Waals surface area contributed by atoms with Gasteiger partial charge in [0.05, 0.1) is 0 Å². The second kappa shape index (κ2) is 5.25. The topological polar surface area (TPSA) is 66.4 Å². The molecule has 0 saturated heterocycles. The molecule has 1 aromatic rings. The molecule has 16 heavy (non-hydrogen) atoms. The number of rotatable bonds is 4. The van der Waals surface area contributed by atoms with Crippen molar-refractivity contribution in [1.29, 1.82) is 0 Å². The van der Waals surface area contributed by atoms with Crippen molar-refractivity contribution in [3.8, 4) is 0 Å². The van der Waals surface area contributed by atoms with Crippen molar-refractivity contribution >= 4 is 12.1 Å². The Morgan fingerprint density at radius 2 is 1.88 bits per heavy atom. The summed E-state index contributed by atoms with van der Waals surface area (Å²) in [6, 6.07) is 5.65. The highest BCUT2D eigenvalue weighted by atomic mass is 19.1. The van der Waals surface area contributed by atoms with Crippen molar-refractivity contribution in [2.75, 3.05) is 0 Å². The fourth-order valence-electron chi connectivity index (χ4n) is 1.46. The summed E-state index contributed by atoms with van der Waals surface area (Å²) in [5.74, 6) is -0.546. The smallest absolute Gasteiger partial charge is 0.405 e. The minimum atomic E-state index is -1.68. The van der Waals surface area contributed by atoms with E-state index in [2.05, 4.69) is 0 Å². The van der Waals surface area contributed by atoms with Crippen LogP contribution in [0.25, 0.3) is 0 Å². The molecule has 2 N–H and O–H groups in total. The average molecular weight is 225 g/mol. The maximum atomic E-state index is 12.7. The molecule has 1 rings (SSSR count). The molecule has 2 atom stereocenters. The van der Waals surface area contributed by atoms with Crippen LogP contribution in [0.2, 0.25) is 0 Å². The van der Waals surface area contributed by atoms with Gasteiger partial charge >= 0.3 is 12.1 Å². The second-order valence-corrected chi connectivity index (χ2v) is 3.43. The number of carbonyl (C=O) groups excluding carboxylic acids is 1. The SMILES string of the molecule is C[C@@H](c1ccccc1)[C@H](NC(=O)O)C(=O)F. The van der Waals surface area contributed by atoms with Gasteiger partial charge in [-0.3, -0.25) is 4.79 Å². The minimum absolute atomic E-state index is 0.546. The largest absolute Gasteiger partial charge is 0.465 e. The van der Waals surface area contributed by atoms with Crippen molar-refractivity contribution in [2.45, 2.75) is 18.9 Å².